The number of aromatic nitrogens is 1. The molecular weight excluding hydrogens is 288 g/mol. The van der Waals surface area contributed by atoms with Gasteiger partial charge in [-0.3, -0.25) is 4.79 Å². The summed E-state index contributed by atoms with van der Waals surface area (Å²) >= 11 is 6.24. The quantitative estimate of drug-likeness (QED) is 0.928. The SMILES string of the molecule is CC(O)C1CCN(C(=O)c2cc(Cl)c3ccccc3n2)C1. The van der Waals surface area contributed by atoms with Gasteiger partial charge in [0.2, 0.25) is 0 Å². The van der Waals surface area contributed by atoms with Crippen LogP contribution in [-0.2, 0) is 0 Å². The van der Waals surface area contributed by atoms with Gasteiger partial charge in [0.1, 0.15) is 5.69 Å². The second-order valence-electron chi connectivity index (χ2n) is 5.55. The number of carbonyl (C=O) groups excluding carboxylic acids is 1. The summed E-state index contributed by atoms with van der Waals surface area (Å²) in [5, 5.41) is 11.0. The molecule has 1 aliphatic rings. The van der Waals surface area contributed by atoms with Crippen molar-refractivity contribution in [3.63, 3.8) is 0 Å². The van der Waals surface area contributed by atoms with Crippen LogP contribution in [0.1, 0.15) is 23.8 Å². The van der Waals surface area contributed by atoms with Crippen molar-refractivity contribution < 1.29 is 9.90 Å². The highest BCUT2D eigenvalue weighted by atomic mass is 35.5. The molecule has 2 aromatic rings. The zero-order chi connectivity index (χ0) is 15.0. The summed E-state index contributed by atoms with van der Waals surface area (Å²) in [6.07, 6.45) is 0.431. The Morgan fingerprint density at radius 2 is 2.24 bits per heavy atom. The summed E-state index contributed by atoms with van der Waals surface area (Å²) in [6, 6.07) is 9.13. The molecule has 1 N–H and O–H groups in total. The molecule has 2 unspecified atom stereocenters. The predicted molar refractivity (Wildman–Crippen MR) is 82.4 cm³/mol. The van der Waals surface area contributed by atoms with Crippen LogP contribution in [0.25, 0.3) is 10.9 Å². The molecule has 0 aliphatic carbocycles. The minimum absolute atomic E-state index is 0.120. The van der Waals surface area contributed by atoms with Gasteiger partial charge in [0, 0.05) is 24.4 Å². The number of para-hydroxylation sites is 1. The Labute approximate surface area is 128 Å². The topological polar surface area (TPSA) is 53.4 Å². The normalized spacial score (nSPS) is 20.0. The van der Waals surface area contributed by atoms with Crippen LogP contribution >= 0.6 is 11.6 Å². The van der Waals surface area contributed by atoms with Crippen LogP contribution in [0.5, 0.6) is 0 Å². The van der Waals surface area contributed by atoms with Gasteiger partial charge in [0.15, 0.2) is 0 Å². The molecule has 2 heterocycles. The third kappa shape index (κ3) is 2.74. The molecule has 1 saturated heterocycles. The van der Waals surface area contributed by atoms with Crippen molar-refractivity contribution in [2.24, 2.45) is 5.92 Å². The fraction of sp³-hybridized carbons (Fsp3) is 0.375. The third-order valence-corrected chi connectivity index (χ3v) is 4.39. The lowest BCUT2D eigenvalue weighted by Gasteiger charge is -2.17. The highest BCUT2D eigenvalue weighted by Gasteiger charge is 2.30. The van der Waals surface area contributed by atoms with E-state index in [0.29, 0.717) is 23.8 Å². The lowest BCUT2D eigenvalue weighted by molar-refractivity contribution is 0.0757. The molecule has 4 nitrogen and oxygen atoms in total. The number of hydrogen-bond acceptors (Lipinski definition) is 3. The predicted octanol–water partition coefficient (Wildman–Crippen LogP) is 2.73. The highest BCUT2D eigenvalue weighted by Crippen LogP contribution is 2.25. The molecule has 2 atom stereocenters. The lowest BCUT2D eigenvalue weighted by atomic mass is 10.0. The van der Waals surface area contributed by atoms with E-state index in [1.807, 2.05) is 24.3 Å². The summed E-state index contributed by atoms with van der Waals surface area (Å²) in [4.78, 5) is 18.7. The van der Waals surface area contributed by atoms with Gasteiger partial charge in [0.05, 0.1) is 16.6 Å². The number of aliphatic hydroxyl groups excluding tert-OH is 1. The van der Waals surface area contributed by atoms with E-state index in [1.54, 1.807) is 17.9 Å². The first-order valence-electron chi connectivity index (χ1n) is 7.09. The smallest absolute Gasteiger partial charge is 0.272 e. The van der Waals surface area contributed by atoms with Gasteiger partial charge >= 0.3 is 0 Å². The fourth-order valence-electron chi connectivity index (χ4n) is 2.77. The standard InChI is InChI=1S/C16H17ClN2O2/c1-10(20)11-6-7-19(9-11)16(21)15-8-13(17)12-4-2-3-5-14(12)18-15/h2-5,8,10-11,20H,6-7,9H2,1H3. The van der Waals surface area contributed by atoms with Crippen molar-refractivity contribution in [3.05, 3.63) is 41.0 Å². The number of halogens is 1. The Balaban J connectivity index is 1.89. The van der Waals surface area contributed by atoms with Gasteiger partial charge in [-0.15, -0.1) is 0 Å². The molecule has 0 bridgehead atoms. The molecule has 1 amide bonds. The maximum atomic E-state index is 12.5. The third-order valence-electron chi connectivity index (χ3n) is 4.08. The number of rotatable bonds is 2. The van der Waals surface area contributed by atoms with Gasteiger partial charge < -0.3 is 10.0 Å². The first kappa shape index (κ1) is 14.3. The molecule has 1 aliphatic heterocycles. The van der Waals surface area contributed by atoms with Gasteiger partial charge in [-0.25, -0.2) is 4.98 Å². The number of fused-ring (bicyclic) bond motifs is 1. The van der Waals surface area contributed by atoms with E-state index < -0.39 is 6.10 Å². The van der Waals surface area contributed by atoms with Crippen molar-refractivity contribution in [3.8, 4) is 0 Å². The van der Waals surface area contributed by atoms with E-state index in [-0.39, 0.29) is 11.8 Å². The molecule has 0 spiro atoms. The minimum atomic E-state index is -0.393. The highest BCUT2D eigenvalue weighted by molar-refractivity contribution is 6.35. The minimum Gasteiger partial charge on any atom is -0.393 e. The van der Waals surface area contributed by atoms with Crippen LogP contribution < -0.4 is 0 Å². The van der Waals surface area contributed by atoms with Crippen LogP contribution in [0.3, 0.4) is 0 Å². The summed E-state index contributed by atoms with van der Waals surface area (Å²) in [5.41, 5.74) is 1.09. The molecule has 0 saturated carbocycles. The van der Waals surface area contributed by atoms with Crippen molar-refractivity contribution in [2.75, 3.05) is 13.1 Å². The van der Waals surface area contributed by atoms with Crippen molar-refractivity contribution in [2.45, 2.75) is 19.4 Å². The van der Waals surface area contributed by atoms with Gasteiger partial charge in [-0.2, -0.15) is 0 Å². The van der Waals surface area contributed by atoms with Gasteiger partial charge in [0.25, 0.3) is 5.91 Å². The summed E-state index contributed by atoms with van der Waals surface area (Å²) in [7, 11) is 0. The Bertz CT molecular complexity index is 687. The lowest BCUT2D eigenvalue weighted by Crippen LogP contribution is -2.31. The number of amides is 1. The van der Waals surface area contributed by atoms with Crippen molar-refractivity contribution >= 4 is 28.4 Å². The molecule has 1 aromatic carbocycles. The van der Waals surface area contributed by atoms with Crippen LogP contribution in [0, 0.1) is 5.92 Å². The van der Waals surface area contributed by atoms with Gasteiger partial charge in [-0.1, -0.05) is 29.8 Å². The number of benzene rings is 1. The molecule has 0 radical (unpaired) electrons. The summed E-state index contributed by atoms with van der Waals surface area (Å²) < 4.78 is 0. The molecule has 21 heavy (non-hydrogen) atoms. The van der Waals surface area contributed by atoms with Crippen LogP contribution in [-0.4, -0.2) is 40.1 Å². The average Bonchev–Trinajstić information content (AvgIpc) is 2.96. The Morgan fingerprint density at radius 3 is 2.95 bits per heavy atom. The zero-order valence-corrected chi connectivity index (χ0v) is 12.5. The van der Waals surface area contributed by atoms with Gasteiger partial charge in [-0.05, 0) is 25.5 Å². The Hall–Kier alpha value is -1.65. The van der Waals surface area contributed by atoms with Crippen molar-refractivity contribution in [1.82, 2.24) is 9.88 Å². The summed E-state index contributed by atoms with van der Waals surface area (Å²) in [5.74, 6) is 0.0238. The Morgan fingerprint density at radius 1 is 1.48 bits per heavy atom. The fourth-order valence-corrected chi connectivity index (χ4v) is 3.03. The zero-order valence-electron chi connectivity index (χ0n) is 11.8. The number of aliphatic hydroxyl groups is 1. The average molecular weight is 305 g/mol. The molecule has 110 valence electrons. The first-order valence-corrected chi connectivity index (χ1v) is 7.46. The van der Waals surface area contributed by atoms with E-state index in [9.17, 15) is 9.90 Å². The maximum absolute atomic E-state index is 12.5. The van der Waals surface area contributed by atoms with Crippen molar-refractivity contribution in [1.29, 1.82) is 0 Å². The second kappa shape index (κ2) is 5.62. The number of carbonyl (C=O) groups is 1. The molecule has 5 heteroatoms. The maximum Gasteiger partial charge on any atom is 0.272 e. The van der Waals surface area contributed by atoms with E-state index in [2.05, 4.69) is 4.98 Å². The first-order chi connectivity index (χ1) is 10.1. The van der Waals surface area contributed by atoms with E-state index in [0.717, 1.165) is 17.3 Å². The van der Waals surface area contributed by atoms with Crippen LogP contribution in [0.15, 0.2) is 30.3 Å². The number of hydrogen-bond donors (Lipinski definition) is 1. The monoisotopic (exact) mass is 304 g/mol. The van der Waals surface area contributed by atoms with Crippen LogP contribution in [0.4, 0.5) is 0 Å². The molecule has 1 aromatic heterocycles. The largest absolute Gasteiger partial charge is 0.393 e. The van der Waals surface area contributed by atoms with E-state index in [4.69, 9.17) is 11.6 Å². The molecule has 3 rings (SSSR count). The van der Waals surface area contributed by atoms with Crippen LogP contribution in [0.2, 0.25) is 5.02 Å². The second-order valence-corrected chi connectivity index (χ2v) is 5.95. The molecular formula is C16H17ClN2O2. The van der Waals surface area contributed by atoms with E-state index in [1.165, 1.54) is 0 Å². The molecule has 1 fully saturated rings. The number of nitrogens with zero attached hydrogens (tertiary/aromatic N) is 2. The van der Waals surface area contributed by atoms with E-state index >= 15 is 0 Å². The number of pyridine rings is 1. The Kier molecular flexibility index (Phi) is 3.83. The summed E-state index contributed by atoms with van der Waals surface area (Å²) in [6.45, 7) is 2.99. The number of likely N-dealkylation sites (tertiary alicyclic amines) is 1.